The van der Waals surface area contributed by atoms with E-state index in [1.807, 2.05) is 0 Å². The van der Waals surface area contributed by atoms with Gasteiger partial charge in [-0.3, -0.25) is 0 Å². The molecule has 0 saturated heterocycles. The molecule has 2 amide bonds. The summed E-state index contributed by atoms with van der Waals surface area (Å²) in [6.45, 7) is 4.41. The number of hydrogen-bond donors (Lipinski definition) is 0. The van der Waals surface area contributed by atoms with E-state index >= 15 is 0 Å². The van der Waals surface area contributed by atoms with Crippen molar-refractivity contribution in [1.82, 2.24) is 4.90 Å². The average Bonchev–Trinajstić information content (AvgIpc) is 3.35. The van der Waals surface area contributed by atoms with Gasteiger partial charge in [-0.2, -0.15) is 4.90 Å². The molecule has 2 atom stereocenters. The Morgan fingerprint density at radius 3 is 2.25 bits per heavy atom. The SMILES string of the molecule is COC(=O)[C@@]1(N(C(=O)OCc2ccccc2)C(=O)OC(C)(C)C)C[C@@H]1C(F)F. The van der Waals surface area contributed by atoms with Crippen LogP contribution in [0, 0.1) is 5.92 Å². The van der Waals surface area contributed by atoms with Crippen molar-refractivity contribution < 1.29 is 37.4 Å². The Balaban J connectivity index is 2.32. The summed E-state index contributed by atoms with van der Waals surface area (Å²) in [6, 6.07) is 8.57. The highest BCUT2D eigenvalue weighted by Crippen LogP contribution is 2.53. The lowest BCUT2D eigenvalue weighted by atomic mass is 10.1. The second-order valence-corrected chi connectivity index (χ2v) is 7.42. The Morgan fingerprint density at radius 1 is 1.18 bits per heavy atom. The first-order valence-corrected chi connectivity index (χ1v) is 8.63. The quantitative estimate of drug-likeness (QED) is 0.554. The molecular weight excluding hydrogens is 376 g/mol. The number of amides is 2. The van der Waals surface area contributed by atoms with Crippen LogP contribution in [0.25, 0.3) is 0 Å². The van der Waals surface area contributed by atoms with Gasteiger partial charge in [0.25, 0.3) is 0 Å². The standard InChI is InChI=1S/C19H23F2NO6/c1-18(2,3)28-17(25)22(16(24)27-11-12-8-6-5-7-9-12)19(15(23)26-4)10-13(19)14(20)21/h5-9,13-14H,10-11H2,1-4H3/t13-,19-/m1/s1. The fraction of sp³-hybridized carbons (Fsp3) is 0.526. The summed E-state index contributed by atoms with van der Waals surface area (Å²) in [6.07, 6.45) is -5.88. The molecule has 28 heavy (non-hydrogen) atoms. The van der Waals surface area contributed by atoms with Crippen LogP contribution >= 0.6 is 0 Å². The third-order valence-electron chi connectivity index (χ3n) is 4.19. The second kappa shape index (κ2) is 8.12. The molecule has 1 aromatic carbocycles. The molecule has 0 aromatic heterocycles. The molecule has 9 heteroatoms. The van der Waals surface area contributed by atoms with Crippen molar-refractivity contribution in [2.75, 3.05) is 7.11 Å². The second-order valence-electron chi connectivity index (χ2n) is 7.42. The van der Waals surface area contributed by atoms with Crippen LogP contribution in [0.5, 0.6) is 0 Å². The Labute approximate surface area is 161 Å². The van der Waals surface area contributed by atoms with Gasteiger partial charge in [0.05, 0.1) is 13.0 Å². The van der Waals surface area contributed by atoms with Crippen molar-refractivity contribution in [3.63, 3.8) is 0 Å². The number of halogens is 2. The number of carbonyl (C=O) groups excluding carboxylic acids is 3. The molecule has 1 aromatic rings. The lowest BCUT2D eigenvalue weighted by Crippen LogP contribution is -2.54. The van der Waals surface area contributed by atoms with E-state index in [1.54, 1.807) is 51.1 Å². The maximum atomic E-state index is 13.3. The fourth-order valence-corrected chi connectivity index (χ4v) is 2.83. The van der Waals surface area contributed by atoms with Crippen LogP contribution in [0.4, 0.5) is 18.4 Å². The van der Waals surface area contributed by atoms with E-state index in [0.29, 0.717) is 10.5 Å². The van der Waals surface area contributed by atoms with Crippen molar-refractivity contribution in [2.45, 2.75) is 51.4 Å². The Bertz CT molecular complexity index is 734. The number of alkyl halides is 2. The summed E-state index contributed by atoms with van der Waals surface area (Å²) in [4.78, 5) is 37.9. The molecule has 2 rings (SSSR count). The largest absolute Gasteiger partial charge is 0.467 e. The smallest absolute Gasteiger partial charge is 0.420 e. The van der Waals surface area contributed by atoms with Gasteiger partial charge in [-0.05, 0) is 32.8 Å². The maximum absolute atomic E-state index is 13.3. The Kier molecular flexibility index (Phi) is 6.26. The summed E-state index contributed by atoms with van der Waals surface area (Å²) in [5.41, 5.74) is -2.56. The minimum Gasteiger partial charge on any atom is -0.467 e. The molecule has 0 aliphatic heterocycles. The van der Waals surface area contributed by atoms with Crippen LogP contribution < -0.4 is 0 Å². The lowest BCUT2D eigenvalue weighted by Gasteiger charge is -2.30. The number of nitrogens with zero attached hydrogens (tertiary/aromatic N) is 1. The molecule has 0 radical (unpaired) electrons. The van der Waals surface area contributed by atoms with Crippen LogP contribution in [0.2, 0.25) is 0 Å². The van der Waals surface area contributed by atoms with E-state index < -0.39 is 48.1 Å². The number of hydrogen-bond acceptors (Lipinski definition) is 6. The van der Waals surface area contributed by atoms with Crippen molar-refractivity contribution in [2.24, 2.45) is 5.92 Å². The van der Waals surface area contributed by atoms with Gasteiger partial charge in [-0.1, -0.05) is 30.3 Å². The van der Waals surface area contributed by atoms with Gasteiger partial charge in [0.2, 0.25) is 6.43 Å². The minimum absolute atomic E-state index is 0.213. The van der Waals surface area contributed by atoms with Gasteiger partial charge in [-0.15, -0.1) is 0 Å². The van der Waals surface area contributed by atoms with E-state index in [9.17, 15) is 23.2 Å². The topological polar surface area (TPSA) is 82.1 Å². The van der Waals surface area contributed by atoms with Crippen molar-refractivity contribution in [3.05, 3.63) is 35.9 Å². The number of esters is 1. The van der Waals surface area contributed by atoms with Crippen LogP contribution in [0.3, 0.4) is 0 Å². The molecule has 0 unspecified atom stereocenters. The van der Waals surface area contributed by atoms with E-state index in [2.05, 4.69) is 4.74 Å². The number of methoxy groups -OCH3 is 1. The molecule has 0 N–H and O–H groups in total. The zero-order valence-electron chi connectivity index (χ0n) is 16.1. The molecule has 1 fully saturated rings. The van der Waals surface area contributed by atoms with E-state index in [1.165, 1.54) is 0 Å². The molecule has 1 saturated carbocycles. The summed E-state index contributed by atoms with van der Waals surface area (Å²) < 4.78 is 41.6. The monoisotopic (exact) mass is 399 g/mol. The number of rotatable bonds is 5. The van der Waals surface area contributed by atoms with Gasteiger partial charge < -0.3 is 14.2 Å². The first-order valence-electron chi connectivity index (χ1n) is 8.63. The predicted octanol–water partition coefficient (Wildman–Crippen LogP) is 3.76. The van der Waals surface area contributed by atoms with Crippen molar-refractivity contribution in [3.8, 4) is 0 Å². The number of imide groups is 1. The molecule has 154 valence electrons. The molecule has 1 aliphatic carbocycles. The molecule has 0 heterocycles. The molecular formula is C19H23F2NO6. The van der Waals surface area contributed by atoms with E-state index in [4.69, 9.17) is 9.47 Å². The van der Waals surface area contributed by atoms with E-state index in [0.717, 1.165) is 7.11 Å². The summed E-state index contributed by atoms with van der Waals surface area (Å²) in [5, 5.41) is 0. The highest BCUT2D eigenvalue weighted by atomic mass is 19.3. The zero-order valence-corrected chi connectivity index (χ0v) is 16.1. The molecule has 0 bridgehead atoms. The minimum atomic E-state index is -2.94. The average molecular weight is 399 g/mol. The summed E-state index contributed by atoms with van der Waals surface area (Å²) in [7, 11) is 0.994. The summed E-state index contributed by atoms with van der Waals surface area (Å²) in [5.74, 6) is -2.68. The van der Waals surface area contributed by atoms with Crippen LogP contribution in [0.1, 0.15) is 32.8 Å². The Hall–Kier alpha value is -2.71. The fourth-order valence-electron chi connectivity index (χ4n) is 2.83. The first kappa shape index (κ1) is 21.6. The van der Waals surface area contributed by atoms with Crippen LogP contribution in [-0.4, -0.2) is 47.7 Å². The molecule has 0 spiro atoms. The van der Waals surface area contributed by atoms with Gasteiger partial charge in [0.1, 0.15) is 12.2 Å². The van der Waals surface area contributed by atoms with Gasteiger partial charge in [0.15, 0.2) is 5.54 Å². The summed E-state index contributed by atoms with van der Waals surface area (Å²) >= 11 is 0. The normalized spacial score (nSPS) is 21.0. The van der Waals surface area contributed by atoms with Gasteiger partial charge in [0, 0.05) is 0 Å². The van der Waals surface area contributed by atoms with Crippen molar-refractivity contribution >= 4 is 18.2 Å². The van der Waals surface area contributed by atoms with Crippen LogP contribution in [-0.2, 0) is 25.6 Å². The van der Waals surface area contributed by atoms with Gasteiger partial charge in [-0.25, -0.2) is 23.2 Å². The number of carbonyl (C=O) groups is 3. The highest BCUT2D eigenvalue weighted by molar-refractivity contribution is 5.99. The number of benzene rings is 1. The Morgan fingerprint density at radius 2 is 1.79 bits per heavy atom. The predicted molar refractivity (Wildman–Crippen MR) is 93.6 cm³/mol. The zero-order chi connectivity index (χ0) is 21.1. The molecule has 7 nitrogen and oxygen atoms in total. The molecule has 1 aliphatic rings. The lowest BCUT2D eigenvalue weighted by molar-refractivity contribution is -0.149. The van der Waals surface area contributed by atoms with Crippen molar-refractivity contribution in [1.29, 1.82) is 0 Å². The maximum Gasteiger partial charge on any atom is 0.420 e. The van der Waals surface area contributed by atoms with E-state index in [-0.39, 0.29) is 6.61 Å². The first-order chi connectivity index (χ1) is 13.0. The third-order valence-corrected chi connectivity index (χ3v) is 4.19. The van der Waals surface area contributed by atoms with Gasteiger partial charge >= 0.3 is 18.2 Å². The van der Waals surface area contributed by atoms with Crippen LogP contribution in [0.15, 0.2) is 30.3 Å². The third kappa shape index (κ3) is 4.58. The highest BCUT2D eigenvalue weighted by Gasteiger charge is 2.72. The number of ether oxygens (including phenoxy) is 3.